The van der Waals surface area contributed by atoms with Crippen molar-refractivity contribution in [2.45, 2.75) is 30.2 Å². The van der Waals surface area contributed by atoms with Crippen molar-refractivity contribution in [2.24, 2.45) is 5.92 Å². The summed E-state index contributed by atoms with van der Waals surface area (Å²) < 4.78 is 67.5. The molecule has 1 aromatic heterocycles. The average molecular weight is 417 g/mol. The molecule has 28 heavy (non-hydrogen) atoms. The first-order valence-electron chi connectivity index (χ1n) is 8.49. The van der Waals surface area contributed by atoms with Crippen LogP contribution in [0.3, 0.4) is 0 Å². The molecule has 1 fully saturated rings. The Hall–Kier alpha value is -2.56. The lowest BCUT2D eigenvalue weighted by molar-refractivity contribution is -0.120. The Morgan fingerprint density at radius 1 is 1.25 bits per heavy atom. The number of hydrogen-bond acceptors (Lipinski definition) is 6. The number of rotatable bonds is 4. The lowest BCUT2D eigenvalue weighted by Gasteiger charge is -2.34. The number of nitrogens with one attached hydrogen (secondary N) is 1. The molecule has 1 aliphatic heterocycles. The molecule has 0 atom stereocenters. The molecule has 0 spiro atoms. The minimum atomic E-state index is -5.46. The van der Waals surface area contributed by atoms with Gasteiger partial charge in [-0.3, -0.25) is 4.79 Å². The number of benzene rings is 1. The summed E-state index contributed by atoms with van der Waals surface area (Å²) >= 11 is 0. The van der Waals surface area contributed by atoms with Crippen molar-refractivity contribution in [3.8, 4) is 0 Å². The highest BCUT2D eigenvalue weighted by molar-refractivity contribution is 7.92. The van der Waals surface area contributed by atoms with E-state index in [1.807, 2.05) is 0 Å². The number of aryl methyl sites for hydroxylation is 1. The summed E-state index contributed by atoms with van der Waals surface area (Å²) in [5.41, 5.74) is -5.39. The van der Waals surface area contributed by atoms with Gasteiger partial charge in [0, 0.05) is 25.1 Å². The highest BCUT2D eigenvalue weighted by Gasteiger charge is 2.48. The smallest absolute Gasteiger partial charge is 0.370 e. The second kappa shape index (κ2) is 7.46. The largest absolute Gasteiger partial charge is 0.501 e. The second-order valence-electron chi connectivity index (χ2n) is 6.49. The van der Waals surface area contributed by atoms with Crippen LogP contribution in [0, 0.1) is 12.8 Å². The zero-order valence-electron chi connectivity index (χ0n) is 14.9. The van der Waals surface area contributed by atoms with Gasteiger partial charge in [0.25, 0.3) is 9.84 Å². The minimum absolute atomic E-state index is 0.00851. The van der Waals surface area contributed by atoms with Gasteiger partial charge >= 0.3 is 5.51 Å². The summed E-state index contributed by atoms with van der Waals surface area (Å²) in [6, 6.07) is 6.60. The molecule has 0 radical (unpaired) electrons. The normalized spacial score (nSPS) is 16.2. The van der Waals surface area contributed by atoms with E-state index in [0.717, 1.165) is 6.07 Å². The first-order valence-corrected chi connectivity index (χ1v) is 9.97. The fourth-order valence-electron chi connectivity index (χ4n) is 3.11. The van der Waals surface area contributed by atoms with Gasteiger partial charge in [0.1, 0.15) is 5.76 Å². The Morgan fingerprint density at radius 3 is 2.46 bits per heavy atom. The zero-order chi connectivity index (χ0) is 20.5. The van der Waals surface area contributed by atoms with E-state index in [9.17, 15) is 26.4 Å². The van der Waals surface area contributed by atoms with Gasteiger partial charge in [0.2, 0.25) is 5.91 Å². The van der Waals surface area contributed by atoms with Gasteiger partial charge in [-0.2, -0.15) is 13.2 Å². The maximum absolute atomic E-state index is 13.0. The van der Waals surface area contributed by atoms with E-state index in [2.05, 4.69) is 10.5 Å². The third-order valence-corrected chi connectivity index (χ3v) is 6.08. The summed E-state index contributed by atoms with van der Waals surface area (Å²) in [5, 5.41) is 6.32. The molecular formula is C17H18F3N3O4S. The average Bonchev–Trinajstić information content (AvgIpc) is 3.05. The van der Waals surface area contributed by atoms with Gasteiger partial charge in [-0.1, -0.05) is 17.3 Å². The fraction of sp³-hybridized carbons (Fsp3) is 0.412. The van der Waals surface area contributed by atoms with Gasteiger partial charge in [-0.15, -0.1) is 0 Å². The molecule has 0 bridgehead atoms. The fourth-order valence-corrected chi connectivity index (χ4v) is 4.09. The number of sulfone groups is 1. The molecule has 3 rings (SSSR count). The number of piperidine rings is 1. The second-order valence-corrected chi connectivity index (χ2v) is 8.40. The zero-order valence-corrected chi connectivity index (χ0v) is 15.7. The van der Waals surface area contributed by atoms with Crippen LogP contribution in [0.5, 0.6) is 0 Å². The quantitative estimate of drug-likeness (QED) is 0.822. The molecule has 152 valence electrons. The van der Waals surface area contributed by atoms with Gasteiger partial charge < -0.3 is 14.7 Å². The van der Waals surface area contributed by atoms with E-state index >= 15 is 0 Å². The number of aromatic nitrogens is 1. The highest BCUT2D eigenvalue weighted by atomic mass is 32.2. The summed E-state index contributed by atoms with van der Waals surface area (Å²) in [5.74, 6) is 0.225. The number of halogens is 3. The van der Waals surface area contributed by atoms with E-state index in [1.54, 1.807) is 17.9 Å². The van der Waals surface area contributed by atoms with E-state index < -0.39 is 20.2 Å². The van der Waals surface area contributed by atoms with Crippen LogP contribution in [0.2, 0.25) is 0 Å². The van der Waals surface area contributed by atoms with Crippen molar-refractivity contribution in [2.75, 3.05) is 23.3 Å². The maximum atomic E-state index is 13.0. The summed E-state index contributed by atoms with van der Waals surface area (Å²) in [7, 11) is -5.46. The van der Waals surface area contributed by atoms with Gasteiger partial charge in [0.05, 0.1) is 10.6 Å². The molecule has 1 N–H and O–H groups in total. The van der Waals surface area contributed by atoms with Crippen molar-refractivity contribution in [1.82, 2.24) is 5.16 Å². The maximum Gasteiger partial charge on any atom is 0.501 e. The van der Waals surface area contributed by atoms with Crippen LogP contribution in [-0.2, 0) is 14.6 Å². The van der Waals surface area contributed by atoms with Gasteiger partial charge in [-0.25, -0.2) is 8.42 Å². The van der Waals surface area contributed by atoms with Crippen molar-refractivity contribution in [3.05, 3.63) is 36.1 Å². The van der Waals surface area contributed by atoms with Crippen molar-refractivity contribution in [3.63, 3.8) is 0 Å². The number of hydrogen-bond donors (Lipinski definition) is 1. The van der Waals surface area contributed by atoms with Gasteiger partial charge in [0.15, 0.2) is 5.82 Å². The summed E-state index contributed by atoms with van der Waals surface area (Å²) in [4.78, 5) is 13.1. The van der Waals surface area contributed by atoms with Crippen LogP contribution >= 0.6 is 0 Å². The van der Waals surface area contributed by atoms with E-state index in [-0.39, 0.29) is 30.6 Å². The van der Waals surface area contributed by atoms with E-state index in [0.29, 0.717) is 24.4 Å². The van der Waals surface area contributed by atoms with Crippen LogP contribution in [0.15, 0.2) is 39.8 Å². The molecule has 1 aromatic carbocycles. The van der Waals surface area contributed by atoms with E-state index in [1.165, 1.54) is 18.2 Å². The molecule has 11 heteroatoms. The SMILES string of the molecule is Cc1cc(NC(=O)C2CCN(c3ccccc3S(=O)(=O)C(F)(F)F)CC2)no1. The number of carbonyl (C=O) groups excluding carboxylic acids is 1. The Kier molecular flexibility index (Phi) is 5.37. The standard InChI is InChI=1S/C17H18F3N3O4S/c1-11-10-15(22-27-11)21-16(24)12-6-8-23(9-7-12)13-4-2-3-5-14(13)28(25,26)17(18,19)20/h2-5,10,12H,6-9H2,1H3,(H,21,22,24). The lowest BCUT2D eigenvalue weighted by Crippen LogP contribution is -2.39. The number of anilines is 2. The first-order chi connectivity index (χ1) is 13.1. The molecular weight excluding hydrogens is 399 g/mol. The van der Waals surface area contributed by atoms with Crippen molar-refractivity contribution >= 4 is 27.2 Å². The van der Waals surface area contributed by atoms with Crippen LogP contribution in [0.25, 0.3) is 0 Å². The molecule has 2 heterocycles. The van der Waals surface area contributed by atoms with Crippen LogP contribution in [0.1, 0.15) is 18.6 Å². The molecule has 0 aliphatic carbocycles. The number of amides is 1. The molecule has 1 saturated heterocycles. The number of para-hydroxylation sites is 1. The van der Waals surface area contributed by atoms with Crippen molar-refractivity contribution < 1.29 is 30.9 Å². The molecule has 1 amide bonds. The minimum Gasteiger partial charge on any atom is -0.370 e. The topological polar surface area (TPSA) is 92.5 Å². The molecule has 1 aliphatic rings. The third kappa shape index (κ3) is 3.98. The predicted octanol–water partition coefficient (Wildman–Crippen LogP) is 3.13. The van der Waals surface area contributed by atoms with E-state index in [4.69, 9.17) is 4.52 Å². The monoisotopic (exact) mass is 417 g/mol. The number of carbonyl (C=O) groups is 1. The molecule has 2 aromatic rings. The lowest BCUT2D eigenvalue weighted by atomic mass is 9.95. The van der Waals surface area contributed by atoms with Crippen LogP contribution < -0.4 is 10.2 Å². The Labute approximate surface area is 159 Å². The number of alkyl halides is 3. The summed E-state index contributed by atoms with van der Waals surface area (Å²) in [6.07, 6.45) is 0.728. The Morgan fingerprint density at radius 2 is 1.89 bits per heavy atom. The number of nitrogens with zero attached hydrogens (tertiary/aromatic N) is 2. The Balaban J connectivity index is 1.71. The van der Waals surface area contributed by atoms with Gasteiger partial charge in [-0.05, 0) is 31.9 Å². The molecule has 7 nitrogen and oxygen atoms in total. The Bertz CT molecular complexity index is 964. The van der Waals surface area contributed by atoms with Crippen molar-refractivity contribution in [1.29, 1.82) is 0 Å². The van der Waals surface area contributed by atoms with Crippen LogP contribution in [0.4, 0.5) is 24.7 Å². The summed E-state index contributed by atoms with van der Waals surface area (Å²) in [6.45, 7) is 2.19. The highest BCUT2D eigenvalue weighted by Crippen LogP contribution is 2.37. The first kappa shape index (κ1) is 20.2. The predicted molar refractivity (Wildman–Crippen MR) is 94.5 cm³/mol. The molecule has 0 unspecified atom stereocenters. The molecule has 0 saturated carbocycles. The third-order valence-electron chi connectivity index (χ3n) is 4.55. The van der Waals surface area contributed by atoms with Crippen LogP contribution in [-0.4, -0.2) is 38.1 Å².